The van der Waals surface area contributed by atoms with Crippen LogP contribution in [-0.2, 0) is 6.42 Å². The predicted molar refractivity (Wildman–Crippen MR) is 140 cm³/mol. The summed E-state index contributed by atoms with van der Waals surface area (Å²) in [6, 6.07) is 17.1. The van der Waals surface area contributed by atoms with Gasteiger partial charge in [-0.2, -0.15) is 0 Å². The normalized spacial score (nSPS) is 20.2. The zero-order valence-electron chi connectivity index (χ0n) is 19.6. The van der Waals surface area contributed by atoms with Crippen molar-refractivity contribution < 1.29 is 4.42 Å². The van der Waals surface area contributed by atoms with Crippen LogP contribution in [0.25, 0.3) is 22.1 Å². The molecule has 34 heavy (non-hydrogen) atoms. The molecule has 0 spiro atoms. The SMILES string of the molecule is C=CC1=NC2C(=C)CN=C(C)c3c(ccc4c3oc3nc(C)ccc34)CCC2c2ccccc21. The summed E-state index contributed by atoms with van der Waals surface area (Å²) in [4.78, 5) is 14.7. The number of nitrogens with zero attached hydrogens (tertiary/aromatic N) is 3. The summed E-state index contributed by atoms with van der Waals surface area (Å²) in [6.45, 7) is 13.0. The molecule has 0 radical (unpaired) electrons. The van der Waals surface area contributed by atoms with Gasteiger partial charge in [0, 0.05) is 39.2 Å². The first-order valence-electron chi connectivity index (χ1n) is 11.9. The Morgan fingerprint density at radius 3 is 2.71 bits per heavy atom. The van der Waals surface area contributed by atoms with Gasteiger partial charge in [-0.3, -0.25) is 9.98 Å². The third-order valence-electron chi connectivity index (χ3n) is 7.25. The van der Waals surface area contributed by atoms with Crippen molar-refractivity contribution in [3.63, 3.8) is 0 Å². The van der Waals surface area contributed by atoms with Crippen molar-refractivity contribution in [2.45, 2.75) is 38.6 Å². The maximum absolute atomic E-state index is 6.34. The number of allylic oxidation sites excluding steroid dienone is 1. The van der Waals surface area contributed by atoms with Gasteiger partial charge >= 0.3 is 0 Å². The standard InChI is InChI=1S/C30H27N3O/c1-5-26-22-9-7-6-8-21(22)23-14-11-20-12-15-24-25-13-10-18(3)32-30(25)34-29(24)27(20)19(4)31-16-17(2)28(23)33-26/h5-10,12-13,15,23,28H,1-2,11,14,16H2,3-4H3. The average Bonchev–Trinajstić information content (AvgIpc) is 3.21. The average molecular weight is 446 g/mol. The van der Waals surface area contributed by atoms with Crippen molar-refractivity contribution >= 4 is 33.5 Å². The number of fused-ring (bicyclic) bond motifs is 8. The summed E-state index contributed by atoms with van der Waals surface area (Å²) in [5.41, 5.74) is 10.3. The van der Waals surface area contributed by atoms with Crippen LogP contribution < -0.4 is 0 Å². The zero-order chi connectivity index (χ0) is 23.4. The molecular weight excluding hydrogens is 418 g/mol. The molecule has 4 heterocycles. The van der Waals surface area contributed by atoms with E-state index in [1.54, 1.807) is 0 Å². The summed E-state index contributed by atoms with van der Waals surface area (Å²) in [5, 5.41) is 2.14. The van der Waals surface area contributed by atoms with Crippen LogP contribution in [0.3, 0.4) is 0 Å². The van der Waals surface area contributed by atoms with E-state index in [9.17, 15) is 0 Å². The van der Waals surface area contributed by atoms with Gasteiger partial charge in [0.05, 0.1) is 18.3 Å². The second kappa shape index (κ2) is 7.91. The second-order valence-electron chi connectivity index (χ2n) is 9.34. The molecule has 2 atom stereocenters. The van der Waals surface area contributed by atoms with Crippen molar-refractivity contribution in [3.05, 3.63) is 101 Å². The zero-order valence-corrected chi connectivity index (χ0v) is 19.6. The molecule has 0 saturated carbocycles. The molecule has 2 unspecified atom stereocenters. The highest BCUT2D eigenvalue weighted by atomic mass is 16.3. The molecule has 2 aliphatic heterocycles. The smallest absolute Gasteiger partial charge is 0.227 e. The number of aryl methyl sites for hydroxylation is 2. The van der Waals surface area contributed by atoms with Gasteiger partial charge in [0.2, 0.25) is 5.71 Å². The minimum Gasteiger partial charge on any atom is -0.437 e. The molecule has 2 aliphatic rings. The van der Waals surface area contributed by atoms with Crippen molar-refractivity contribution in [3.8, 4) is 0 Å². The first-order chi connectivity index (χ1) is 16.5. The van der Waals surface area contributed by atoms with Gasteiger partial charge < -0.3 is 4.42 Å². The van der Waals surface area contributed by atoms with Gasteiger partial charge in [0.1, 0.15) is 5.58 Å². The predicted octanol–water partition coefficient (Wildman–Crippen LogP) is 6.74. The molecular formula is C30H27N3O. The molecule has 168 valence electrons. The van der Waals surface area contributed by atoms with Crippen molar-refractivity contribution in [2.24, 2.45) is 9.98 Å². The largest absolute Gasteiger partial charge is 0.437 e. The molecule has 4 heteroatoms. The number of rotatable bonds is 1. The topological polar surface area (TPSA) is 50.8 Å². The van der Waals surface area contributed by atoms with Crippen LogP contribution >= 0.6 is 0 Å². The Labute approximate surface area is 199 Å². The third kappa shape index (κ3) is 3.17. The van der Waals surface area contributed by atoms with Gasteiger partial charge in [-0.05, 0) is 61.6 Å². The van der Waals surface area contributed by atoms with Gasteiger partial charge in [-0.25, -0.2) is 4.98 Å². The number of aromatic nitrogens is 1. The number of pyridine rings is 1. The van der Waals surface area contributed by atoms with Crippen LogP contribution in [0.1, 0.15) is 47.2 Å². The molecule has 2 aromatic carbocycles. The minimum absolute atomic E-state index is 0.00288. The lowest BCUT2D eigenvalue weighted by molar-refractivity contribution is 0.536. The van der Waals surface area contributed by atoms with E-state index >= 15 is 0 Å². The molecule has 0 N–H and O–H groups in total. The van der Waals surface area contributed by atoms with Gasteiger partial charge in [0.15, 0.2) is 0 Å². The number of hydrogen-bond donors (Lipinski definition) is 0. The Kier molecular flexibility index (Phi) is 4.84. The molecule has 0 amide bonds. The van der Waals surface area contributed by atoms with Gasteiger partial charge in [0.25, 0.3) is 0 Å². The fourth-order valence-corrected chi connectivity index (χ4v) is 5.55. The molecule has 6 rings (SSSR count). The van der Waals surface area contributed by atoms with Crippen molar-refractivity contribution in [2.75, 3.05) is 6.54 Å². The van der Waals surface area contributed by atoms with Crippen molar-refractivity contribution in [1.29, 1.82) is 0 Å². The Bertz CT molecular complexity index is 1550. The lowest BCUT2D eigenvalue weighted by atomic mass is 9.77. The summed E-state index contributed by atoms with van der Waals surface area (Å²) in [6.07, 6.45) is 3.74. The summed E-state index contributed by atoms with van der Waals surface area (Å²) in [5.74, 6) is 0.254. The van der Waals surface area contributed by atoms with E-state index < -0.39 is 0 Å². The maximum atomic E-state index is 6.34. The van der Waals surface area contributed by atoms with E-state index in [-0.39, 0.29) is 12.0 Å². The fourth-order valence-electron chi connectivity index (χ4n) is 5.55. The first kappa shape index (κ1) is 20.8. The van der Waals surface area contributed by atoms with Crippen molar-refractivity contribution in [1.82, 2.24) is 4.98 Å². The number of benzene rings is 2. The summed E-state index contributed by atoms with van der Waals surface area (Å²) < 4.78 is 6.34. The highest BCUT2D eigenvalue weighted by Gasteiger charge is 2.32. The van der Waals surface area contributed by atoms with E-state index in [4.69, 9.17) is 14.4 Å². The van der Waals surface area contributed by atoms with Gasteiger partial charge in [-0.1, -0.05) is 49.6 Å². The second-order valence-corrected chi connectivity index (χ2v) is 9.34. The van der Waals surface area contributed by atoms with Crippen LogP contribution in [-0.4, -0.2) is 29.0 Å². The lowest BCUT2D eigenvalue weighted by Crippen LogP contribution is -2.29. The highest BCUT2D eigenvalue weighted by molar-refractivity contribution is 6.15. The minimum atomic E-state index is 0.00288. The molecule has 0 saturated heterocycles. The fraction of sp³-hybridized carbons (Fsp3) is 0.233. The Hall–Kier alpha value is -3.79. The maximum Gasteiger partial charge on any atom is 0.227 e. The Morgan fingerprint density at radius 1 is 1.03 bits per heavy atom. The molecule has 0 bridgehead atoms. The number of hydrogen-bond acceptors (Lipinski definition) is 4. The molecule has 4 nitrogen and oxygen atoms in total. The van der Waals surface area contributed by atoms with E-state index in [0.717, 1.165) is 57.5 Å². The molecule has 0 fully saturated rings. The van der Waals surface area contributed by atoms with Crippen LogP contribution in [0, 0.1) is 6.92 Å². The summed E-state index contributed by atoms with van der Waals surface area (Å²) in [7, 11) is 0. The van der Waals surface area contributed by atoms with E-state index in [0.29, 0.717) is 12.3 Å². The molecule has 0 aliphatic carbocycles. The molecule has 2 aromatic heterocycles. The van der Waals surface area contributed by atoms with Crippen LogP contribution in [0.4, 0.5) is 0 Å². The number of aliphatic imine (C=N–C) groups is 2. The lowest BCUT2D eigenvalue weighted by Gasteiger charge is -2.33. The van der Waals surface area contributed by atoms with E-state index in [1.165, 1.54) is 16.7 Å². The van der Waals surface area contributed by atoms with E-state index in [2.05, 4.69) is 67.5 Å². The van der Waals surface area contributed by atoms with Gasteiger partial charge in [-0.15, -0.1) is 0 Å². The Morgan fingerprint density at radius 2 is 1.85 bits per heavy atom. The highest BCUT2D eigenvalue weighted by Crippen LogP contribution is 2.39. The third-order valence-corrected chi connectivity index (χ3v) is 7.25. The quantitative estimate of drug-likeness (QED) is 0.305. The van der Waals surface area contributed by atoms with Crippen LogP contribution in [0.2, 0.25) is 0 Å². The van der Waals surface area contributed by atoms with Crippen LogP contribution in [0.5, 0.6) is 0 Å². The molecule has 4 aromatic rings. The van der Waals surface area contributed by atoms with Crippen LogP contribution in [0.15, 0.2) is 87.7 Å². The summed E-state index contributed by atoms with van der Waals surface area (Å²) >= 11 is 0. The first-order valence-corrected chi connectivity index (χ1v) is 11.9. The monoisotopic (exact) mass is 445 g/mol. The number of furan rings is 1. The Balaban J connectivity index is 1.52. The van der Waals surface area contributed by atoms with E-state index in [1.807, 2.05) is 19.1 Å².